The lowest BCUT2D eigenvalue weighted by Crippen LogP contribution is -2.20. The first kappa shape index (κ1) is 19.9. The lowest BCUT2D eigenvalue weighted by atomic mass is 10.0. The number of aryl methyl sites for hydroxylation is 1. The molecule has 0 aliphatic rings. The molecule has 0 aliphatic heterocycles. The molecule has 0 bridgehead atoms. The molecule has 0 unspecified atom stereocenters. The van der Waals surface area contributed by atoms with E-state index in [1.807, 2.05) is 18.2 Å². The lowest BCUT2D eigenvalue weighted by Gasteiger charge is -2.11. The van der Waals surface area contributed by atoms with Gasteiger partial charge in [-0.3, -0.25) is 0 Å². The molecule has 3 aromatic rings. The van der Waals surface area contributed by atoms with Crippen molar-refractivity contribution in [3.63, 3.8) is 0 Å². The van der Waals surface area contributed by atoms with Crippen molar-refractivity contribution in [1.82, 2.24) is 9.78 Å². The number of methoxy groups -OCH3 is 1. The van der Waals surface area contributed by atoms with Crippen LogP contribution in [0.1, 0.15) is 11.1 Å². The molecule has 0 radical (unpaired) electrons. The van der Waals surface area contributed by atoms with Gasteiger partial charge in [0.15, 0.2) is 5.71 Å². The number of phenols is 1. The molecule has 1 heterocycles. The summed E-state index contributed by atoms with van der Waals surface area (Å²) in [6.45, 7) is 0.162. The summed E-state index contributed by atoms with van der Waals surface area (Å²) in [6.07, 6.45) is 0. The zero-order valence-corrected chi connectivity index (χ0v) is 16.3. The molecular weight excluding hydrogens is 374 g/mol. The number of rotatable bonds is 7. The fraction of sp³-hybridized carbons (Fsp3) is 0.190. The standard InChI is InChI=1S/C21H21N3O5/c1-24-19(12-17(22-24)16-10-6-7-11-18(16)25)29-13-14-8-4-5-9-15(14)20(23-28-3)21(26)27-2/h4-12,25H,13H2,1-3H3/b23-20+. The summed E-state index contributed by atoms with van der Waals surface area (Å²) >= 11 is 0. The Balaban J connectivity index is 1.86. The Labute approximate surface area is 167 Å². The van der Waals surface area contributed by atoms with Crippen LogP contribution in [0.25, 0.3) is 11.3 Å². The molecule has 0 saturated carbocycles. The van der Waals surface area contributed by atoms with Gasteiger partial charge in [0.1, 0.15) is 19.5 Å². The van der Waals surface area contributed by atoms with Crippen LogP contribution in [-0.4, -0.2) is 40.8 Å². The van der Waals surface area contributed by atoms with Crippen molar-refractivity contribution in [2.24, 2.45) is 12.2 Å². The van der Waals surface area contributed by atoms with E-state index in [9.17, 15) is 9.90 Å². The summed E-state index contributed by atoms with van der Waals surface area (Å²) in [5.41, 5.74) is 2.51. The first-order valence-electron chi connectivity index (χ1n) is 8.78. The largest absolute Gasteiger partial charge is 0.507 e. The minimum absolute atomic E-state index is 0.0501. The van der Waals surface area contributed by atoms with Gasteiger partial charge in [-0.1, -0.05) is 41.6 Å². The number of aromatic nitrogens is 2. The van der Waals surface area contributed by atoms with Gasteiger partial charge in [-0.15, -0.1) is 0 Å². The molecule has 1 aromatic heterocycles. The number of carbonyl (C=O) groups excluding carboxylic acids is 1. The summed E-state index contributed by atoms with van der Waals surface area (Å²) in [5, 5.41) is 18.2. The molecule has 8 nitrogen and oxygen atoms in total. The maximum atomic E-state index is 12.1. The van der Waals surface area contributed by atoms with Crippen molar-refractivity contribution in [1.29, 1.82) is 0 Å². The molecule has 29 heavy (non-hydrogen) atoms. The van der Waals surface area contributed by atoms with Crippen molar-refractivity contribution >= 4 is 11.7 Å². The number of carbonyl (C=O) groups is 1. The quantitative estimate of drug-likeness (QED) is 0.375. The third-order valence-corrected chi connectivity index (χ3v) is 4.23. The number of hydrogen-bond donors (Lipinski definition) is 1. The summed E-state index contributed by atoms with van der Waals surface area (Å²) in [7, 11) is 4.39. The average molecular weight is 395 g/mol. The number of ether oxygens (including phenoxy) is 2. The smallest absolute Gasteiger partial charge is 0.360 e. The highest BCUT2D eigenvalue weighted by molar-refractivity contribution is 6.43. The van der Waals surface area contributed by atoms with Crippen LogP contribution < -0.4 is 4.74 Å². The number of benzene rings is 2. The molecule has 150 valence electrons. The van der Waals surface area contributed by atoms with E-state index in [-0.39, 0.29) is 18.1 Å². The highest BCUT2D eigenvalue weighted by atomic mass is 16.6. The molecule has 0 fully saturated rings. The average Bonchev–Trinajstić information content (AvgIpc) is 3.11. The number of oxime groups is 1. The number of nitrogens with zero attached hydrogens (tertiary/aromatic N) is 3. The van der Waals surface area contributed by atoms with E-state index in [2.05, 4.69) is 10.3 Å². The minimum atomic E-state index is -0.610. The summed E-state index contributed by atoms with van der Waals surface area (Å²) in [5.74, 6) is 0.0315. The Kier molecular flexibility index (Phi) is 6.13. The van der Waals surface area contributed by atoms with Crippen LogP contribution in [0.4, 0.5) is 0 Å². The maximum Gasteiger partial charge on any atom is 0.360 e. The van der Waals surface area contributed by atoms with Crippen LogP contribution in [-0.2, 0) is 28.0 Å². The van der Waals surface area contributed by atoms with E-state index in [0.29, 0.717) is 22.7 Å². The van der Waals surface area contributed by atoms with Gasteiger partial charge in [-0.05, 0) is 17.7 Å². The van der Waals surface area contributed by atoms with E-state index in [0.717, 1.165) is 5.56 Å². The number of para-hydroxylation sites is 1. The van der Waals surface area contributed by atoms with Crippen LogP contribution in [0.3, 0.4) is 0 Å². The lowest BCUT2D eigenvalue weighted by molar-refractivity contribution is -0.132. The molecule has 2 aromatic carbocycles. The second-order valence-corrected chi connectivity index (χ2v) is 6.07. The Morgan fingerprint density at radius 2 is 1.86 bits per heavy atom. The summed E-state index contributed by atoms with van der Waals surface area (Å²) in [6, 6.07) is 15.9. The highest BCUT2D eigenvalue weighted by Gasteiger charge is 2.20. The maximum absolute atomic E-state index is 12.1. The molecule has 0 amide bonds. The third-order valence-electron chi connectivity index (χ3n) is 4.23. The second-order valence-electron chi connectivity index (χ2n) is 6.07. The molecule has 3 rings (SSSR count). The van der Waals surface area contributed by atoms with Crippen LogP contribution in [0.15, 0.2) is 59.8 Å². The van der Waals surface area contributed by atoms with Crippen molar-refractivity contribution in [2.75, 3.05) is 14.2 Å². The molecule has 0 atom stereocenters. The van der Waals surface area contributed by atoms with Crippen molar-refractivity contribution in [2.45, 2.75) is 6.61 Å². The molecule has 1 N–H and O–H groups in total. The van der Waals surface area contributed by atoms with E-state index in [1.165, 1.54) is 14.2 Å². The topological polar surface area (TPSA) is 95.2 Å². The van der Waals surface area contributed by atoms with Crippen molar-refractivity contribution in [3.8, 4) is 22.9 Å². The van der Waals surface area contributed by atoms with Crippen LogP contribution in [0.5, 0.6) is 11.6 Å². The van der Waals surface area contributed by atoms with Gasteiger partial charge in [0.2, 0.25) is 5.88 Å². The van der Waals surface area contributed by atoms with Crippen LogP contribution >= 0.6 is 0 Å². The van der Waals surface area contributed by atoms with Crippen molar-refractivity contribution in [3.05, 3.63) is 65.7 Å². The van der Waals surface area contributed by atoms with E-state index < -0.39 is 5.97 Å². The van der Waals surface area contributed by atoms with Gasteiger partial charge < -0.3 is 19.4 Å². The monoisotopic (exact) mass is 395 g/mol. The van der Waals surface area contributed by atoms with E-state index >= 15 is 0 Å². The molecular formula is C21H21N3O5. The fourth-order valence-corrected chi connectivity index (χ4v) is 2.82. The van der Waals surface area contributed by atoms with Gasteiger partial charge in [0.05, 0.1) is 12.8 Å². The van der Waals surface area contributed by atoms with Gasteiger partial charge >= 0.3 is 5.97 Å². The summed E-state index contributed by atoms with van der Waals surface area (Å²) in [4.78, 5) is 16.9. The Morgan fingerprint density at radius 3 is 2.59 bits per heavy atom. The Hall–Kier alpha value is -3.81. The first-order chi connectivity index (χ1) is 14.0. The first-order valence-corrected chi connectivity index (χ1v) is 8.78. The molecule has 8 heteroatoms. The highest BCUT2D eigenvalue weighted by Crippen LogP contribution is 2.30. The minimum Gasteiger partial charge on any atom is -0.507 e. The predicted molar refractivity (Wildman–Crippen MR) is 107 cm³/mol. The zero-order valence-electron chi connectivity index (χ0n) is 16.3. The van der Waals surface area contributed by atoms with Gasteiger partial charge in [-0.2, -0.15) is 5.10 Å². The second kappa shape index (κ2) is 8.92. The number of esters is 1. The number of aromatic hydroxyl groups is 1. The molecule has 0 aliphatic carbocycles. The van der Waals surface area contributed by atoms with Gasteiger partial charge in [0, 0.05) is 24.2 Å². The van der Waals surface area contributed by atoms with E-state index in [4.69, 9.17) is 14.3 Å². The third kappa shape index (κ3) is 4.37. The zero-order chi connectivity index (χ0) is 20.8. The predicted octanol–water partition coefficient (Wildman–Crippen LogP) is 2.90. The van der Waals surface area contributed by atoms with Gasteiger partial charge in [-0.25, -0.2) is 9.48 Å². The summed E-state index contributed by atoms with van der Waals surface area (Å²) < 4.78 is 12.3. The molecule has 0 saturated heterocycles. The number of phenolic OH excluding ortho intramolecular Hbond substituents is 1. The Morgan fingerprint density at radius 1 is 1.14 bits per heavy atom. The SMILES string of the molecule is CO/N=C(/C(=O)OC)c1ccccc1COc1cc(-c2ccccc2O)nn1C. The fourth-order valence-electron chi connectivity index (χ4n) is 2.82. The van der Waals surface area contributed by atoms with Crippen molar-refractivity contribution < 1.29 is 24.2 Å². The van der Waals surface area contributed by atoms with Crippen LogP contribution in [0.2, 0.25) is 0 Å². The normalized spacial score (nSPS) is 11.2. The molecule has 0 spiro atoms. The Bertz CT molecular complexity index is 1040. The van der Waals surface area contributed by atoms with E-state index in [1.54, 1.807) is 48.1 Å². The van der Waals surface area contributed by atoms with Crippen LogP contribution in [0, 0.1) is 0 Å². The number of hydrogen-bond acceptors (Lipinski definition) is 7. The van der Waals surface area contributed by atoms with Gasteiger partial charge in [0.25, 0.3) is 0 Å².